The predicted molar refractivity (Wildman–Crippen MR) is 76.8 cm³/mol. The van der Waals surface area contributed by atoms with Crippen LogP contribution in [0.1, 0.15) is 26.6 Å². The molecule has 0 unspecified atom stereocenters. The second-order valence-electron chi connectivity index (χ2n) is 5.67. The summed E-state index contributed by atoms with van der Waals surface area (Å²) in [4.78, 5) is 19.3. The van der Waals surface area contributed by atoms with Crippen LogP contribution >= 0.6 is 0 Å². The molecule has 2 aromatic rings. The van der Waals surface area contributed by atoms with Gasteiger partial charge in [0.25, 0.3) is 0 Å². The number of hydrogen-bond donors (Lipinski definition) is 2. The first-order valence-corrected chi connectivity index (χ1v) is 6.30. The first kappa shape index (κ1) is 13.3. The van der Waals surface area contributed by atoms with Gasteiger partial charge in [0, 0.05) is 16.7 Å². The number of aromatic nitrogens is 2. The fraction of sp³-hybridized carbons (Fsp3) is 0.333. The molecule has 100 valence electrons. The highest BCUT2D eigenvalue weighted by Crippen LogP contribution is 2.23. The Morgan fingerprint density at radius 1 is 1.32 bits per heavy atom. The van der Waals surface area contributed by atoms with Gasteiger partial charge in [-0.15, -0.1) is 0 Å². The van der Waals surface area contributed by atoms with Gasteiger partial charge in [-0.2, -0.15) is 0 Å². The van der Waals surface area contributed by atoms with E-state index in [0.717, 1.165) is 22.8 Å². The summed E-state index contributed by atoms with van der Waals surface area (Å²) >= 11 is 0. The number of hydrogen-bond acceptors (Lipinski definition) is 2. The smallest absolute Gasteiger partial charge is 0.229 e. The lowest BCUT2D eigenvalue weighted by Gasteiger charge is -2.17. The first-order chi connectivity index (χ1) is 8.86. The van der Waals surface area contributed by atoms with Crippen LogP contribution in [0.25, 0.3) is 11.3 Å². The Bertz CT molecular complexity index is 593. The number of H-pyrrole nitrogens is 1. The average molecular weight is 257 g/mol. The van der Waals surface area contributed by atoms with Crippen LogP contribution in [0, 0.1) is 12.3 Å². The third kappa shape index (κ3) is 3.22. The summed E-state index contributed by atoms with van der Waals surface area (Å²) in [5.74, 6) is 0.879. The molecule has 0 fully saturated rings. The van der Waals surface area contributed by atoms with Gasteiger partial charge in [-0.1, -0.05) is 32.9 Å². The van der Waals surface area contributed by atoms with Crippen LogP contribution in [0.3, 0.4) is 0 Å². The number of aryl methyl sites for hydroxylation is 1. The van der Waals surface area contributed by atoms with Crippen molar-refractivity contribution >= 4 is 11.6 Å². The van der Waals surface area contributed by atoms with Crippen molar-refractivity contribution in [2.24, 2.45) is 5.41 Å². The van der Waals surface area contributed by atoms with E-state index in [0.29, 0.717) is 0 Å². The molecule has 1 heterocycles. The molecule has 0 bridgehead atoms. The minimum absolute atomic E-state index is 0.00504. The van der Waals surface area contributed by atoms with Crippen molar-refractivity contribution in [3.63, 3.8) is 0 Å². The zero-order valence-electron chi connectivity index (χ0n) is 11.7. The molecule has 2 rings (SSSR count). The van der Waals surface area contributed by atoms with E-state index in [1.54, 1.807) is 6.20 Å². The lowest BCUT2D eigenvalue weighted by Crippen LogP contribution is -2.27. The number of imidazole rings is 1. The molecule has 0 saturated carbocycles. The van der Waals surface area contributed by atoms with Gasteiger partial charge in [0.1, 0.15) is 5.82 Å². The van der Waals surface area contributed by atoms with Crippen LogP contribution in [0.15, 0.2) is 30.5 Å². The Morgan fingerprint density at radius 3 is 2.63 bits per heavy atom. The van der Waals surface area contributed by atoms with E-state index in [9.17, 15) is 4.79 Å². The molecule has 1 amide bonds. The van der Waals surface area contributed by atoms with Crippen molar-refractivity contribution in [2.45, 2.75) is 27.7 Å². The van der Waals surface area contributed by atoms with E-state index >= 15 is 0 Å². The average Bonchev–Trinajstić information content (AvgIpc) is 2.75. The van der Waals surface area contributed by atoms with Gasteiger partial charge in [-0.25, -0.2) is 4.98 Å². The van der Waals surface area contributed by atoms with Crippen molar-refractivity contribution in [1.29, 1.82) is 0 Å². The van der Waals surface area contributed by atoms with Gasteiger partial charge in [0.15, 0.2) is 0 Å². The summed E-state index contributed by atoms with van der Waals surface area (Å²) in [7, 11) is 0. The molecular weight excluding hydrogens is 238 g/mol. The normalized spacial score (nSPS) is 11.4. The van der Waals surface area contributed by atoms with Crippen molar-refractivity contribution in [1.82, 2.24) is 9.97 Å². The molecule has 0 spiro atoms. The van der Waals surface area contributed by atoms with E-state index in [1.807, 2.05) is 52.0 Å². The third-order valence-electron chi connectivity index (χ3n) is 2.82. The van der Waals surface area contributed by atoms with Crippen molar-refractivity contribution in [3.05, 3.63) is 36.3 Å². The highest BCUT2D eigenvalue weighted by molar-refractivity contribution is 5.95. The molecule has 0 saturated heterocycles. The first-order valence-electron chi connectivity index (χ1n) is 6.30. The number of anilines is 1. The number of amides is 1. The lowest BCUT2D eigenvalue weighted by molar-refractivity contribution is -0.123. The van der Waals surface area contributed by atoms with E-state index in [-0.39, 0.29) is 5.91 Å². The number of benzene rings is 1. The number of nitrogens with one attached hydrogen (secondary N) is 2. The maximum absolute atomic E-state index is 12.0. The minimum Gasteiger partial charge on any atom is -0.342 e. The van der Waals surface area contributed by atoms with Crippen LogP contribution in [0.5, 0.6) is 0 Å². The van der Waals surface area contributed by atoms with Crippen molar-refractivity contribution < 1.29 is 4.79 Å². The van der Waals surface area contributed by atoms with E-state index in [4.69, 9.17) is 0 Å². The maximum Gasteiger partial charge on any atom is 0.229 e. The fourth-order valence-electron chi connectivity index (χ4n) is 1.65. The second kappa shape index (κ2) is 4.88. The Labute approximate surface area is 113 Å². The summed E-state index contributed by atoms with van der Waals surface area (Å²) in [6.45, 7) is 7.59. The van der Waals surface area contributed by atoms with Gasteiger partial charge in [0.2, 0.25) is 5.91 Å². The molecule has 19 heavy (non-hydrogen) atoms. The van der Waals surface area contributed by atoms with Gasteiger partial charge < -0.3 is 10.3 Å². The maximum atomic E-state index is 12.0. The summed E-state index contributed by atoms with van der Waals surface area (Å²) < 4.78 is 0. The quantitative estimate of drug-likeness (QED) is 0.866. The number of carbonyl (C=O) groups excluding carboxylic acids is 1. The number of aromatic amines is 1. The highest BCUT2D eigenvalue weighted by atomic mass is 16.2. The molecule has 4 nitrogen and oxygen atoms in total. The SMILES string of the molecule is Cc1ncc(-c2cccc(NC(=O)C(C)(C)C)c2)[nH]1. The molecule has 4 heteroatoms. The largest absolute Gasteiger partial charge is 0.342 e. The van der Waals surface area contributed by atoms with Gasteiger partial charge in [-0.05, 0) is 19.1 Å². The third-order valence-corrected chi connectivity index (χ3v) is 2.82. The summed E-state index contributed by atoms with van der Waals surface area (Å²) in [5, 5.41) is 2.93. The zero-order valence-corrected chi connectivity index (χ0v) is 11.7. The van der Waals surface area contributed by atoms with E-state index in [2.05, 4.69) is 15.3 Å². The Morgan fingerprint density at radius 2 is 2.05 bits per heavy atom. The molecule has 0 aliphatic rings. The Kier molecular flexibility index (Phi) is 3.42. The topological polar surface area (TPSA) is 57.8 Å². The van der Waals surface area contributed by atoms with Crippen LogP contribution in [-0.2, 0) is 4.79 Å². The van der Waals surface area contributed by atoms with Crippen molar-refractivity contribution in [3.8, 4) is 11.3 Å². The highest BCUT2D eigenvalue weighted by Gasteiger charge is 2.21. The monoisotopic (exact) mass is 257 g/mol. The van der Waals surface area contributed by atoms with Crippen LogP contribution < -0.4 is 5.32 Å². The molecule has 0 aliphatic heterocycles. The van der Waals surface area contributed by atoms with E-state index in [1.165, 1.54) is 0 Å². The number of nitrogens with zero attached hydrogens (tertiary/aromatic N) is 1. The standard InChI is InChI=1S/C15H19N3O/c1-10-16-9-13(17-10)11-6-5-7-12(8-11)18-14(19)15(2,3)4/h5-9H,1-4H3,(H,16,17)(H,18,19). The van der Waals surface area contributed by atoms with Crippen LogP contribution in [-0.4, -0.2) is 15.9 Å². The van der Waals surface area contributed by atoms with E-state index < -0.39 is 5.41 Å². The predicted octanol–water partition coefficient (Wildman–Crippen LogP) is 3.37. The molecular formula is C15H19N3O. The Balaban J connectivity index is 2.23. The number of carbonyl (C=O) groups is 1. The molecule has 1 aromatic heterocycles. The van der Waals surface area contributed by atoms with Crippen molar-refractivity contribution in [2.75, 3.05) is 5.32 Å². The molecule has 1 aromatic carbocycles. The minimum atomic E-state index is -0.402. The van der Waals surface area contributed by atoms with Gasteiger partial charge in [0.05, 0.1) is 11.9 Å². The summed E-state index contributed by atoms with van der Waals surface area (Å²) in [6, 6.07) is 7.73. The van der Waals surface area contributed by atoms with Crippen LogP contribution in [0.4, 0.5) is 5.69 Å². The van der Waals surface area contributed by atoms with Gasteiger partial charge >= 0.3 is 0 Å². The van der Waals surface area contributed by atoms with Crippen LogP contribution in [0.2, 0.25) is 0 Å². The molecule has 2 N–H and O–H groups in total. The zero-order chi connectivity index (χ0) is 14.0. The molecule has 0 aliphatic carbocycles. The van der Waals surface area contributed by atoms with Gasteiger partial charge in [-0.3, -0.25) is 4.79 Å². The Hall–Kier alpha value is -2.10. The summed E-state index contributed by atoms with van der Waals surface area (Å²) in [6.07, 6.45) is 1.79. The molecule has 0 atom stereocenters. The lowest BCUT2D eigenvalue weighted by atomic mass is 9.95. The second-order valence-corrected chi connectivity index (χ2v) is 5.67. The summed E-state index contributed by atoms with van der Waals surface area (Å²) in [5.41, 5.74) is 2.35. The fourth-order valence-corrected chi connectivity index (χ4v) is 1.65. The molecule has 0 radical (unpaired) electrons. The number of rotatable bonds is 2.